The standard InChI is InChI=1S/C16H17F2N/c1-12-10-15(18)16(11-14(12)17)19-9-5-8-13-6-3-2-4-7-13/h2-4,6-7,10-11,19H,5,8-9H2,1H3. The number of rotatable bonds is 5. The molecule has 0 fully saturated rings. The average Bonchev–Trinajstić information content (AvgIpc) is 2.41. The van der Waals surface area contributed by atoms with Gasteiger partial charge in [-0.05, 0) is 37.0 Å². The summed E-state index contributed by atoms with van der Waals surface area (Å²) in [6, 6.07) is 12.5. The van der Waals surface area contributed by atoms with Crippen LogP contribution in [-0.4, -0.2) is 6.54 Å². The van der Waals surface area contributed by atoms with Gasteiger partial charge in [0.1, 0.15) is 11.6 Å². The van der Waals surface area contributed by atoms with Gasteiger partial charge in [-0.2, -0.15) is 0 Å². The van der Waals surface area contributed by atoms with Crippen LogP contribution >= 0.6 is 0 Å². The molecule has 0 saturated carbocycles. The Balaban J connectivity index is 1.85. The topological polar surface area (TPSA) is 12.0 Å². The Hall–Kier alpha value is -1.90. The summed E-state index contributed by atoms with van der Waals surface area (Å²) >= 11 is 0. The van der Waals surface area contributed by atoms with E-state index >= 15 is 0 Å². The Morgan fingerprint density at radius 2 is 1.74 bits per heavy atom. The van der Waals surface area contributed by atoms with Crippen LogP contribution in [0.15, 0.2) is 42.5 Å². The number of benzene rings is 2. The van der Waals surface area contributed by atoms with E-state index in [2.05, 4.69) is 17.4 Å². The maximum Gasteiger partial charge on any atom is 0.146 e. The summed E-state index contributed by atoms with van der Waals surface area (Å²) in [4.78, 5) is 0. The minimum absolute atomic E-state index is 0.233. The molecular weight excluding hydrogens is 244 g/mol. The lowest BCUT2D eigenvalue weighted by Gasteiger charge is -2.09. The fourth-order valence-corrected chi connectivity index (χ4v) is 1.94. The van der Waals surface area contributed by atoms with Gasteiger partial charge in [0.25, 0.3) is 0 Å². The van der Waals surface area contributed by atoms with Crippen LogP contribution in [0.1, 0.15) is 17.5 Å². The number of anilines is 1. The van der Waals surface area contributed by atoms with Gasteiger partial charge in [0.05, 0.1) is 5.69 Å². The highest BCUT2D eigenvalue weighted by atomic mass is 19.1. The molecule has 0 amide bonds. The van der Waals surface area contributed by atoms with Gasteiger partial charge in [-0.3, -0.25) is 0 Å². The first kappa shape index (κ1) is 13.5. The van der Waals surface area contributed by atoms with Crippen molar-refractivity contribution >= 4 is 5.69 Å². The molecule has 1 N–H and O–H groups in total. The first-order valence-electron chi connectivity index (χ1n) is 6.40. The first-order chi connectivity index (χ1) is 9.16. The van der Waals surface area contributed by atoms with Crippen molar-refractivity contribution in [1.29, 1.82) is 0 Å². The van der Waals surface area contributed by atoms with E-state index in [9.17, 15) is 8.78 Å². The third-order valence-corrected chi connectivity index (χ3v) is 3.05. The van der Waals surface area contributed by atoms with E-state index < -0.39 is 5.82 Å². The Morgan fingerprint density at radius 1 is 1.00 bits per heavy atom. The molecule has 0 atom stereocenters. The summed E-state index contributed by atoms with van der Waals surface area (Å²) in [5, 5.41) is 2.94. The quantitative estimate of drug-likeness (QED) is 0.790. The number of hydrogen-bond acceptors (Lipinski definition) is 1. The zero-order valence-electron chi connectivity index (χ0n) is 10.9. The second-order valence-corrected chi connectivity index (χ2v) is 4.60. The molecule has 0 spiro atoms. The van der Waals surface area contributed by atoms with Gasteiger partial charge in [0.2, 0.25) is 0 Å². The average molecular weight is 261 g/mol. The fourth-order valence-electron chi connectivity index (χ4n) is 1.94. The van der Waals surface area contributed by atoms with Crippen LogP contribution in [0.5, 0.6) is 0 Å². The molecule has 0 aromatic heterocycles. The van der Waals surface area contributed by atoms with E-state index in [4.69, 9.17) is 0 Å². The predicted octanol–water partition coefficient (Wildman–Crippen LogP) is 4.32. The van der Waals surface area contributed by atoms with Crippen LogP contribution in [0.25, 0.3) is 0 Å². The van der Waals surface area contributed by atoms with Crippen molar-refractivity contribution in [1.82, 2.24) is 0 Å². The normalized spacial score (nSPS) is 10.5. The summed E-state index contributed by atoms with van der Waals surface area (Å²) in [6.07, 6.45) is 1.79. The number of hydrogen-bond donors (Lipinski definition) is 1. The molecule has 0 aliphatic heterocycles. The monoisotopic (exact) mass is 261 g/mol. The Bertz CT molecular complexity index is 538. The molecule has 2 aromatic rings. The molecule has 0 radical (unpaired) electrons. The van der Waals surface area contributed by atoms with Crippen molar-refractivity contribution in [3.63, 3.8) is 0 Å². The second kappa shape index (κ2) is 6.32. The highest BCUT2D eigenvalue weighted by Gasteiger charge is 2.06. The summed E-state index contributed by atoms with van der Waals surface area (Å²) in [5.41, 5.74) is 1.81. The minimum atomic E-state index is -0.404. The summed E-state index contributed by atoms with van der Waals surface area (Å²) in [7, 11) is 0. The predicted molar refractivity (Wildman–Crippen MR) is 74.3 cm³/mol. The third-order valence-electron chi connectivity index (χ3n) is 3.05. The smallest absolute Gasteiger partial charge is 0.146 e. The van der Waals surface area contributed by atoms with Crippen molar-refractivity contribution in [2.75, 3.05) is 11.9 Å². The van der Waals surface area contributed by atoms with Gasteiger partial charge in [0.15, 0.2) is 0 Å². The number of aryl methyl sites for hydroxylation is 2. The van der Waals surface area contributed by atoms with E-state index in [0.717, 1.165) is 12.8 Å². The zero-order valence-corrected chi connectivity index (χ0v) is 10.9. The lowest BCUT2D eigenvalue weighted by Crippen LogP contribution is -2.05. The van der Waals surface area contributed by atoms with Crippen LogP contribution in [0.3, 0.4) is 0 Å². The van der Waals surface area contributed by atoms with Crippen molar-refractivity contribution < 1.29 is 8.78 Å². The Kier molecular flexibility index (Phi) is 4.50. The SMILES string of the molecule is Cc1cc(F)c(NCCCc2ccccc2)cc1F. The molecule has 2 rings (SSSR count). The molecule has 0 heterocycles. The van der Waals surface area contributed by atoms with Gasteiger partial charge in [-0.15, -0.1) is 0 Å². The summed E-state index contributed by atoms with van der Waals surface area (Å²) in [5.74, 6) is -0.787. The Labute approximate surface area is 112 Å². The lowest BCUT2D eigenvalue weighted by atomic mass is 10.1. The van der Waals surface area contributed by atoms with E-state index in [0.29, 0.717) is 12.1 Å². The largest absolute Gasteiger partial charge is 0.383 e. The summed E-state index contributed by atoms with van der Waals surface area (Å²) < 4.78 is 26.9. The number of halogens is 2. The molecular formula is C16H17F2N. The van der Waals surface area contributed by atoms with Crippen LogP contribution in [0, 0.1) is 18.6 Å². The van der Waals surface area contributed by atoms with Crippen LogP contribution in [-0.2, 0) is 6.42 Å². The fraction of sp³-hybridized carbons (Fsp3) is 0.250. The molecule has 0 unspecified atom stereocenters. The molecule has 1 nitrogen and oxygen atoms in total. The second-order valence-electron chi connectivity index (χ2n) is 4.60. The van der Waals surface area contributed by atoms with Crippen LogP contribution in [0.4, 0.5) is 14.5 Å². The molecule has 0 aliphatic rings. The van der Waals surface area contributed by atoms with Crippen molar-refractivity contribution in [2.24, 2.45) is 0 Å². The maximum atomic E-state index is 13.6. The lowest BCUT2D eigenvalue weighted by molar-refractivity contribution is 0.594. The van der Waals surface area contributed by atoms with Crippen molar-refractivity contribution in [2.45, 2.75) is 19.8 Å². The van der Waals surface area contributed by atoms with Crippen molar-refractivity contribution in [3.8, 4) is 0 Å². The van der Waals surface area contributed by atoms with Crippen LogP contribution in [0.2, 0.25) is 0 Å². The molecule has 2 aromatic carbocycles. The van der Waals surface area contributed by atoms with Gasteiger partial charge < -0.3 is 5.32 Å². The van der Waals surface area contributed by atoms with Gasteiger partial charge >= 0.3 is 0 Å². The van der Waals surface area contributed by atoms with E-state index in [-0.39, 0.29) is 11.5 Å². The Morgan fingerprint density at radius 3 is 2.47 bits per heavy atom. The van der Waals surface area contributed by atoms with E-state index in [1.54, 1.807) is 6.92 Å². The molecule has 100 valence electrons. The zero-order chi connectivity index (χ0) is 13.7. The van der Waals surface area contributed by atoms with Crippen molar-refractivity contribution in [3.05, 3.63) is 65.2 Å². The minimum Gasteiger partial charge on any atom is -0.383 e. The maximum absolute atomic E-state index is 13.6. The van der Waals surface area contributed by atoms with Gasteiger partial charge in [-0.25, -0.2) is 8.78 Å². The molecule has 0 saturated heterocycles. The molecule has 3 heteroatoms. The van der Waals surface area contributed by atoms with E-state index in [1.165, 1.54) is 17.7 Å². The van der Waals surface area contributed by atoms with Gasteiger partial charge in [0, 0.05) is 12.6 Å². The highest BCUT2D eigenvalue weighted by molar-refractivity contribution is 5.46. The third kappa shape index (κ3) is 3.78. The van der Waals surface area contributed by atoms with E-state index in [1.807, 2.05) is 18.2 Å². The summed E-state index contributed by atoms with van der Waals surface area (Å²) in [6.45, 7) is 2.17. The highest BCUT2D eigenvalue weighted by Crippen LogP contribution is 2.18. The van der Waals surface area contributed by atoms with Gasteiger partial charge in [-0.1, -0.05) is 30.3 Å². The molecule has 0 aliphatic carbocycles. The molecule has 19 heavy (non-hydrogen) atoms. The molecule has 0 bridgehead atoms. The first-order valence-corrected chi connectivity index (χ1v) is 6.40. The van der Waals surface area contributed by atoms with Crippen LogP contribution < -0.4 is 5.32 Å². The number of nitrogens with one attached hydrogen (secondary N) is 1.